The first-order valence-corrected chi connectivity index (χ1v) is 6.90. The molecule has 112 valence electrons. The smallest absolute Gasteiger partial charge is 0.367 e. The van der Waals surface area contributed by atoms with Crippen molar-refractivity contribution in [1.82, 2.24) is 5.32 Å². The van der Waals surface area contributed by atoms with Gasteiger partial charge in [-0.2, -0.15) is 13.2 Å². The second kappa shape index (κ2) is 6.59. The number of benzene rings is 1. The van der Waals surface area contributed by atoms with Gasteiger partial charge in [-0.3, -0.25) is 0 Å². The fourth-order valence-electron chi connectivity index (χ4n) is 2.87. The lowest BCUT2D eigenvalue weighted by atomic mass is 9.80. The Hall–Kier alpha value is -1.07. The number of rotatable bonds is 4. The third-order valence-corrected chi connectivity index (χ3v) is 3.89. The summed E-state index contributed by atoms with van der Waals surface area (Å²) in [5.74, 6) is 0.277. The number of alkyl halides is 3. The predicted molar refractivity (Wildman–Crippen MR) is 71.7 cm³/mol. The van der Waals surface area contributed by atoms with Crippen molar-refractivity contribution in [2.24, 2.45) is 0 Å². The third kappa shape index (κ3) is 4.21. The number of ether oxygens (including phenoxy) is 1. The van der Waals surface area contributed by atoms with E-state index in [9.17, 15) is 13.2 Å². The maximum atomic E-state index is 12.3. The fourth-order valence-corrected chi connectivity index (χ4v) is 2.87. The zero-order chi connectivity index (χ0) is 14.6. The van der Waals surface area contributed by atoms with E-state index in [4.69, 9.17) is 4.74 Å². The maximum absolute atomic E-state index is 12.3. The molecule has 0 amide bonds. The Balaban J connectivity index is 2.00. The largest absolute Gasteiger partial charge is 0.411 e. The normalized spacial score (nSPS) is 27.5. The highest BCUT2D eigenvalue weighted by Crippen LogP contribution is 2.35. The monoisotopic (exact) mass is 287 g/mol. The van der Waals surface area contributed by atoms with Crippen LogP contribution >= 0.6 is 0 Å². The van der Waals surface area contributed by atoms with Gasteiger partial charge in [0.05, 0.1) is 6.10 Å². The minimum Gasteiger partial charge on any atom is -0.367 e. The van der Waals surface area contributed by atoms with Crippen molar-refractivity contribution in [3.8, 4) is 0 Å². The summed E-state index contributed by atoms with van der Waals surface area (Å²) in [6.07, 6.45) is -2.22. The molecule has 1 aliphatic rings. The van der Waals surface area contributed by atoms with Gasteiger partial charge in [-0.05, 0) is 37.8 Å². The molecule has 2 rings (SSSR count). The zero-order valence-corrected chi connectivity index (χ0v) is 11.5. The summed E-state index contributed by atoms with van der Waals surface area (Å²) in [5.41, 5.74) is 1.18. The molecule has 2 nitrogen and oxygen atoms in total. The lowest BCUT2D eigenvalue weighted by molar-refractivity contribution is -0.190. The van der Waals surface area contributed by atoms with E-state index in [0.717, 1.165) is 12.8 Å². The van der Waals surface area contributed by atoms with Gasteiger partial charge in [-0.15, -0.1) is 0 Å². The SMILES string of the molecule is CNC1CCC(c2ccccc2)CC1OCC(F)(F)F. The van der Waals surface area contributed by atoms with E-state index in [-0.39, 0.29) is 18.1 Å². The zero-order valence-electron chi connectivity index (χ0n) is 11.5. The molecule has 0 aromatic heterocycles. The minimum atomic E-state index is -4.27. The Labute approximate surface area is 117 Å². The Morgan fingerprint density at radius 2 is 1.90 bits per heavy atom. The van der Waals surface area contributed by atoms with E-state index in [1.165, 1.54) is 5.56 Å². The lowest BCUT2D eigenvalue weighted by Crippen LogP contribution is -2.44. The number of nitrogens with one attached hydrogen (secondary N) is 1. The van der Waals surface area contributed by atoms with Gasteiger partial charge >= 0.3 is 6.18 Å². The first kappa shape index (κ1) is 15.3. The van der Waals surface area contributed by atoms with Gasteiger partial charge in [0, 0.05) is 6.04 Å². The molecule has 0 heterocycles. The molecule has 5 heteroatoms. The molecule has 0 spiro atoms. The molecule has 0 radical (unpaired) electrons. The van der Waals surface area contributed by atoms with Crippen LogP contribution in [0.15, 0.2) is 30.3 Å². The highest BCUT2D eigenvalue weighted by atomic mass is 19.4. The molecule has 1 fully saturated rings. The van der Waals surface area contributed by atoms with Crippen molar-refractivity contribution in [3.63, 3.8) is 0 Å². The summed E-state index contributed by atoms with van der Waals surface area (Å²) in [6, 6.07) is 9.93. The van der Waals surface area contributed by atoms with Crippen LogP contribution in [0.2, 0.25) is 0 Å². The van der Waals surface area contributed by atoms with E-state index < -0.39 is 12.8 Å². The second-order valence-corrected chi connectivity index (χ2v) is 5.28. The average molecular weight is 287 g/mol. The van der Waals surface area contributed by atoms with E-state index in [0.29, 0.717) is 6.42 Å². The molecule has 1 aliphatic carbocycles. The molecule has 20 heavy (non-hydrogen) atoms. The van der Waals surface area contributed by atoms with Crippen molar-refractivity contribution in [3.05, 3.63) is 35.9 Å². The molecule has 3 atom stereocenters. The van der Waals surface area contributed by atoms with Gasteiger partial charge in [0.25, 0.3) is 0 Å². The van der Waals surface area contributed by atoms with Crippen molar-refractivity contribution in [2.45, 2.75) is 43.5 Å². The topological polar surface area (TPSA) is 21.3 Å². The van der Waals surface area contributed by atoms with Crippen LogP contribution in [-0.2, 0) is 4.74 Å². The van der Waals surface area contributed by atoms with Crippen LogP contribution < -0.4 is 5.32 Å². The Morgan fingerprint density at radius 3 is 2.50 bits per heavy atom. The van der Waals surface area contributed by atoms with Crippen LogP contribution in [0, 0.1) is 0 Å². The summed E-state index contributed by atoms with van der Waals surface area (Å²) in [6.45, 7) is -1.17. The minimum absolute atomic E-state index is 0.00249. The molecule has 1 aromatic carbocycles. The van der Waals surface area contributed by atoms with Gasteiger partial charge < -0.3 is 10.1 Å². The quantitative estimate of drug-likeness (QED) is 0.915. The van der Waals surface area contributed by atoms with Gasteiger partial charge in [0.2, 0.25) is 0 Å². The van der Waals surface area contributed by atoms with Crippen LogP contribution in [0.25, 0.3) is 0 Å². The van der Waals surface area contributed by atoms with E-state index in [1.807, 2.05) is 30.3 Å². The van der Waals surface area contributed by atoms with E-state index in [1.54, 1.807) is 7.05 Å². The van der Waals surface area contributed by atoms with Crippen LogP contribution in [-0.4, -0.2) is 32.0 Å². The molecular weight excluding hydrogens is 267 g/mol. The summed E-state index contributed by atoms with van der Waals surface area (Å²) in [5, 5.41) is 3.07. The van der Waals surface area contributed by atoms with Crippen LogP contribution in [0.4, 0.5) is 13.2 Å². The van der Waals surface area contributed by atoms with Gasteiger partial charge in [0.15, 0.2) is 0 Å². The molecule has 0 bridgehead atoms. The van der Waals surface area contributed by atoms with Gasteiger partial charge in [-0.25, -0.2) is 0 Å². The van der Waals surface area contributed by atoms with Crippen LogP contribution in [0.1, 0.15) is 30.7 Å². The molecule has 0 aliphatic heterocycles. The molecule has 1 aromatic rings. The molecule has 0 saturated heterocycles. The Kier molecular flexibility index (Phi) is 5.05. The Bertz CT molecular complexity index is 407. The van der Waals surface area contributed by atoms with Gasteiger partial charge in [-0.1, -0.05) is 30.3 Å². The second-order valence-electron chi connectivity index (χ2n) is 5.28. The molecular formula is C15H20F3NO. The highest BCUT2D eigenvalue weighted by Gasteiger charge is 2.35. The number of hydrogen-bond donors (Lipinski definition) is 1. The summed E-state index contributed by atoms with van der Waals surface area (Å²) < 4.78 is 42.1. The van der Waals surface area contributed by atoms with Crippen molar-refractivity contribution in [2.75, 3.05) is 13.7 Å². The highest BCUT2D eigenvalue weighted by molar-refractivity contribution is 5.20. The van der Waals surface area contributed by atoms with Crippen molar-refractivity contribution in [1.29, 1.82) is 0 Å². The molecule has 1 N–H and O–H groups in total. The van der Waals surface area contributed by atoms with Gasteiger partial charge in [0.1, 0.15) is 6.61 Å². The summed E-state index contributed by atoms with van der Waals surface area (Å²) in [7, 11) is 1.78. The lowest BCUT2D eigenvalue weighted by Gasteiger charge is -2.36. The van der Waals surface area contributed by atoms with Crippen molar-refractivity contribution >= 4 is 0 Å². The predicted octanol–water partition coefficient (Wildman–Crippen LogP) is 3.49. The third-order valence-electron chi connectivity index (χ3n) is 3.89. The summed E-state index contributed by atoms with van der Waals surface area (Å²) >= 11 is 0. The molecule has 3 unspecified atom stereocenters. The van der Waals surface area contributed by atoms with E-state index in [2.05, 4.69) is 5.32 Å². The number of likely N-dealkylation sites (N-methyl/N-ethyl adjacent to an activating group) is 1. The maximum Gasteiger partial charge on any atom is 0.411 e. The number of hydrogen-bond acceptors (Lipinski definition) is 2. The first-order chi connectivity index (χ1) is 9.49. The molecule has 1 saturated carbocycles. The number of halogens is 3. The summed E-state index contributed by atoms with van der Waals surface area (Å²) in [4.78, 5) is 0. The van der Waals surface area contributed by atoms with E-state index >= 15 is 0 Å². The van der Waals surface area contributed by atoms with Crippen LogP contribution in [0.3, 0.4) is 0 Å². The first-order valence-electron chi connectivity index (χ1n) is 6.90. The standard InChI is InChI=1S/C15H20F3NO/c1-19-13-8-7-12(11-5-3-2-4-6-11)9-14(13)20-10-15(16,17)18/h2-6,12-14,19H,7-10H2,1H3. The Morgan fingerprint density at radius 1 is 1.20 bits per heavy atom. The fraction of sp³-hybridized carbons (Fsp3) is 0.600. The average Bonchev–Trinajstić information content (AvgIpc) is 2.45. The van der Waals surface area contributed by atoms with Crippen LogP contribution in [0.5, 0.6) is 0 Å². The van der Waals surface area contributed by atoms with Crippen molar-refractivity contribution < 1.29 is 17.9 Å².